The Bertz CT molecular complexity index is 686. The van der Waals surface area contributed by atoms with Gasteiger partial charge in [-0.1, -0.05) is 31.5 Å². The maximum absolute atomic E-state index is 13.7. The molecule has 7 nitrogen and oxygen atoms in total. The number of benzene rings is 1. The highest BCUT2D eigenvalue weighted by Gasteiger charge is 2.21. The lowest BCUT2D eigenvalue weighted by atomic mass is 10.1. The zero-order valence-electron chi connectivity index (χ0n) is 14.7. The minimum atomic E-state index is -0.714. The molecule has 0 radical (unpaired) electrons. The summed E-state index contributed by atoms with van der Waals surface area (Å²) in [5, 5.41) is 9.12. The fraction of sp³-hybridized carbons (Fsp3) is 0.353. The van der Waals surface area contributed by atoms with Gasteiger partial charge in [0, 0.05) is 24.9 Å². The summed E-state index contributed by atoms with van der Waals surface area (Å²) in [7, 11) is 0. The van der Waals surface area contributed by atoms with E-state index in [1.807, 2.05) is 13.8 Å². The third kappa shape index (κ3) is 6.45. The number of nitrogens with two attached hydrogens (primary N) is 1. The summed E-state index contributed by atoms with van der Waals surface area (Å²) in [5.74, 6) is -1.71. The van der Waals surface area contributed by atoms with Crippen molar-refractivity contribution >= 4 is 29.1 Å². The van der Waals surface area contributed by atoms with Gasteiger partial charge in [0.05, 0.1) is 10.6 Å². The Balaban J connectivity index is 0.00000105. The highest BCUT2D eigenvalue weighted by atomic mass is 35.5. The molecule has 5 N–H and O–H groups in total. The second kappa shape index (κ2) is 11.2. The van der Waals surface area contributed by atoms with E-state index in [1.165, 1.54) is 18.3 Å². The van der Waals surface area contributed by atoms with Crippen LogP contribution in [0.1, 0.15) is 37.0 Å². The fourth-order valence-corrected chi connectivity index (χ4v) is 2.18. The molecular weight excluding hydrogens is 361 g/mol. The summed E-state index contributed by atoms with van der Waals surface area (Å²) < 4.78 is 13.7. The van der Waals surface area contributed by atoms with Gasteiger partial charge in [-0.2, -0.15) is 5.10 Å². The molecule has 0 aromatic heterocycles. The van der Waals surface area contributed by atoms with Gasteiger partial charge in [-0.05, 0) is 25.1 Å². The van der Waals surface area contributed by atoms with Gasteiger partial charge in [-0.3, -0.25) is 15.0 Å². The molecule has 142 valence electrons. The molecule has 2 rings (SSSR count). The van der Waals surface area contributed by atoms with Gasteiger partial charge in [-0.25, -0.2) is 4.39 Å². The van der Waals surface area contributed by atoms with E-state index in [1.54, 1.807) is 0 Å². The number of amides is 2. The maximum atomic E-state index is 13.7. The average Bonchev–Trinajstić information content (AvgIpc) is 2.60. The lowest BCUT2D eigenvalue weighted by Gasteiger charge is -2.16. The number of hydrazone groups is 1. The normalized spacial score (nSPS) is 12.7. The molecule has 0 saturated carbocycles. The van der Waals surface area contributed by atoms with Crippen molar-refractivity contribution in [3.8, 4) is 0 Å². The molecule has 0 aliphatic carbocycles. The highest BCUT2D eigenvalue weighted by molar-refractivity contribution is 6.39. The Morgan fingerprint density at radius 2 is 2.04 bits per heavy atom. The molecule has 2 amide bonds. The van der Waals surface area contributed by atoms with Gasteiger partial charge in [0.25, 0.3) is 11.8 Å². The first kappa shape index (κ1) is 21.6. The van der Waals surface area contributed by atoms with Crippen LogP contribution >= 0.6 is 11.6 Å². The molecular formula is C17H23ClFN5O2. The van der Waals surface area contributed by atoms with E-state index in [2.05, 4.69) is 21.2 Å². The average molecular weight is 384 g/mol. The van der Waals surface area contributed by atoms with Crippen molar-refractivity contribution < 1.29 is 14.0 Å². The number of nitrogens with one attached hydrogen (secondary N) is 3. The van der Waals surface area contributed by atoms with Crippen LogP contribution in [0.4, 0.5) is 4.39 Å². The molecule has 0 fully saturated rings. The van der Waals surface area contributed by atoms with E-state index in [4.69, 9.17) is 17.3 Å². The van der Waals surface area contributed by atoms with Crippen LogP contribution in [-0.4, -0.2) is 30.6 Å². The molecule has 0 unspecified atom stereocenters. The summed E-state index contributed by atoms with van der Waals surface area (Å²) in [6.07, 6.45) is 2.36. The molecule has 1 aliphatic heterocycles. The topological polar surface area (TPSA) is 109 Å². The van der Waals surface area contributed by atoms with Crippen molar-refractivity contribution in [3.05, 3.63) is 46.5 Å². The molecule has 0 bridgehead atoms. The first-order valence-corrected chi connectivity index (χ1v) is 8.57. The molecule has 1 aliphatic rings. The van der Waals surface area contributed by atoms with E-state index in [-0.39, 0.29) is 28.6 Å². The lowest BCUT2D eigenvalue weighted by molar-refractivity contribution is -0.114. The zero-order chi connectivity index (χ0) is 19.5. The largest absolute Gasteiger partial charge is 0.351 e. The van der Waals surface area contributed by atoms with Crippen molar-refractivity contribution in [2.45, 2.75) is 26.7 Å². The van der Waals surface area contributed by atoms with E-state index < -0.39 is 11.7 Å². The minimum absolute atomic E-state index is 0.0152. The van der Waals surface area contributed by atoms with E-state index in [9.17, 15) is 14.0 Å². The van der Waals surface area contributed by atoms with Crippen molar-refractivity contribution in [2.24, 2.45) is 10.8 Å². The number of nitrogens with zero attached hydrogens (tertiary/aromatic N) is 1. The Labute approximate surface area is 156 Å². The number of hydrogen-bond acceptors (Lipinski definition) is 5. The van der Waals surface area contributed by atoms with Crippen LogP contribution < -0.4 is 21.8 Å². The summed E-state index contributed by atoms with van der Waals surface area (Å²) >= 11 is 5.85. The van der Waals surface area contributed by atoms with Crippen molar-refractivity contribution in [1.82, 2.24) is 16.1 Å². The third-order valence-corrected chi connectivity index (χ3v) is 3.37. The molecule has 26 heavy (non-hydrogen) atoms. The summed E-state index contributed by atoms with van der Waals surface area (Å²) in [6.45, 7) is 5.12. The van der Waals surface area contributed by atoms with E-state index in [0.29, 0.717) is 12.2 Å². The number of carbonyl (C=O) groups is 2. The molecule has 1 aromatic carbocycles. The van der Waals surface area contributed by atoms with Crippen LogP contribution in [0.25, 0.3) is 0 Å². The Morgan fingerprint density at radius 3 is 2.65 bits per heavy atom. The van der Waals surface area contributed by atoms with Crippen LogP contribution in [-0.2, 0) is 4.79 Å². The number of rotatable bonds is 5. The fourth-order valence-electron chi connectivity index (χ4n) is 1.93. The summed E-state index contributed by atoms with van der Waals surface area (Å²) in [6, 6.07) is 4.00. The van der Waals surface area contributed by atoms with E-state index >= 15 is 0 Å². The van der Waals surface area contributed by atoms with Gasteiger partial charge >= 0.3 is 0 Å². The highest BCUT2D eigenvalue weighted by Crippen LogP contribution is 2.19. The third-order valence-electron chi connectivity index (χ3n) is 3.06. The van der Waals surface area contributed by atoms with E-state index in [0.717, 1.165) is 19.0 Å². The van der Waals surface area contributed by atoms with Crippen molar-refractivity contribution in [2.75, 3.05) is 13.1 Å². The smallest absolute Gasteiger partial charge is 0.267 e. The standard InChI is InChI=1S/C15H16ClFN4O2.C2H7N/c1-2-6-18-14(22)12-7-9(8-19-21-12)20-15(23)13-10(16)4-3-5-11(13)17;1-2-3/h3-5,8,19H,2,6-7H2,1H3,(H,18,22)(H,20,23);2-3H2,1H3. The van der Waals surface area contributed by atoms with Gasteiger partial charge in [-0.15, -0.1) is 0 Å². The predicted octanol–water partition coefficient (Wildman–Crippen LogP) is 1.89. The number of carbonyl (C=O) groups excluding carboxylic acids is 2. The Kier molecular flexibility index (Phi) is 9.32. The molecule has 0 saturated heterocycles. The van der Waals surface area contributed by atoms with Crippen LogP contribution in [0.5, 0.6) is 0 Å². The molecule has 9 heteroatoms. The molecule has 0 atom stereocenters. The van der Waals surface area contributed by atoms with Gasteiger partial charge in [0.15, 0.2) is 0 Å². The Morgan fingerprint density at radius 1 is 1.35 bits per heavy atom. The SMILES string of the molecule is CCCNC(=O)C1=NNC=C(NC(=O)c2c(F)cccc2Cl)C1.CCN. The van der Waals surface area contributed by atoms with Crippen LogP contribution in [0, 0.1) is 5.82 Å². The monoisotopic (exact) mass is 383 g/mol. The number of hydrogen-bond donors (Lipinski definition) is 4. The van der Waals surface area contributed by atoms with Gasteiger partial charge in [0.2, 0.25) is 0 Å². The Hall–Kier alpha value is -2.45. The van der Waals surface area contributed by atoms with Gasteiger partial charge in [0.1, 0.15) is 11.5 Å². The quantitative estimate of drug-likeness (QED) is 0.622. The molecule has 1 heterocycles. The zero-order valence-corrected chi connectivity index (χ0v) is 15.5. The lowest BCUT2D eigenvalue weighted by Crippen LogP contribution is -2.37. The summed E-state index contributed by atoms with van der Waals surface area (Å²) in [4.78, 5) is 24.0. The minimum Gasteiger partial charge on any atom is -0.351 e. The van der Waals surface area contributed by atoms with Crippen LogP contribution in [0.15, 0.2) is 35.2 Å². The number of allylic oxidation sites excluding steroid dienone is 1. The van der Waals surface area contributed by atoms with Crippen molar-refractivity contribution in [1.29, 1.82) is 0 Å². The second-order valence-corrected chi connectivity index (χ2v) is 5.66. The summed E-state index contributed by atoms with van der Waals surface area (Å²) in [5.41, 5.74) is 7.78. The van der Waals surface area contributed by atoms with Crippen LogP contribution in [0.2, 0.25) is 5.02 Å². The number of halogens is 2. The molecule has 0 spiro atoms. The van der Waals surface area contributed by atoms with Crippen molar-refractivity contribution in [3.63, 3.8) is 0 Å². The molecule has 1 aromatic rings. The van der Waals surface area contributed by atoms with Gasteiger partial charge < -0.3 is 16.4 Å². The second-order valence-electron chi connectivity index (χ2n) is 5.25. The first-order valence-electron chi connectivity index (χ1n) is 8.19. The predicted molar refractivity (Wildman–Crippen MR) is 100 cm³/mol. The first-order chi connectivity index (χ1) is 12.4. The van der Waals surface area contributed by atoms with Crippen LogP contribution in [0.3, 0.4) is 0 Å². The maximum Gasteiger partial charge on any atom is 0.267 e.